The third-order valence-electron chi connectivity index (χ3n) is 4.56. The first kappa shape index (κ1) is 16.6. The molecule has 24 heavy (non-hydrogen) atoms. The zero-order chi connectivity index (χ0) is 16.9. The molecule has 0 aromatic carbocycles. The fourth-order valence-electron chi connectivity index (χ4n) is 3.09. The third-order valence-corrected chi connectivity index (χ3v) is 4.56. The summed E-state index contributed by atoms with van der Waals surface area (Å²) >= 11 is 0. The molecule has 7 nitrogen and oxygen atoms in total. The van der Waals surface area contributed by atoms with Gasteiger partial charge in [-0.1, -0.05) is 6.07 Å². The number of nitrogens with zero attached hydrogens (tertiary/aromatic N) is 2. The van der Waals surface area contributed by atoms with Gasteiger partial charge in [-0.05, 0) is 43.7 Å². The zero-order valence-electron chi connectivity index (χ0n) is 13.4. The Balaban J connectivity index is 1.56. The molecule has 128 valence electrons. The number of carbonyl (C=O) groups is 2. The number of pyridine rings is 1. The number of nitrogens with one attached hydrogen (secondary N) is 2. The van der Waals surface area contributed by atoms with E-state index in [4.69, 9.17) is 0 Å². The van der Waals surface area contributed by atoms with Crippen LogP contribution in [-0.2, 0) is 9.59 Å². The second kappa shape index (κ2) is 7.53. The lowest BCUT2D eigenvalue weighted by Crippen LogP contribution is -2.41. The molecule has 0 spiro atoms. The average molecular weight is 330 g/mol. The lowest BCUT2D eigenvalue weighted by molar-refractivity contribution is -0.123. The molecule has 1 aliphatic carbocycles. The Kier molecular flexibility index (Phi) is 5.20. The minimum Gasteiger partial charge on any atom is -0.393 e. The van der Waals surface area contributed by atoms with Crippen molar-refractivity contribution >= 4 is 17.5 Å². The maximum absolute atomic E-state index is 12.3. The van der Waals surface area contributed by atoms with Crippen molar-refractivity contribution in [1.82, 2.24) is 15.7 Å². The minimum atomic E-state index is -0.279. The van der Waals surface area contributed by atoms with E-state index in [1.54, 1.807) is 6.20 Å². The Bertz CT molecular complexity index is 626. The Morgan fingerprint density at radius 1 is 1.38 bits per heavy atom. The number of hydrazone groups is 1. The minimum absolute atomic E-state index is 0.0633. The number of hydrogen-bond acceptors (Lipinski definition) is 5. The van der Waals surface area contributed by atoms with Gasteiger partial charge in [-0.15, -0.1) is 0 Å². The molecule has 1 aliphatic heterocycles. The van der Waals surface area contributed by atoms with E-state index in [-0.39, 0.29) is 29.9 Å². The summed E-state index contributed by atoms with van der Waals surface area (Å²) < 4.78 is 0. The molecule has 2 aliphatic rings. The molecule has 1 aromatic heterocycles. The lowest BCUT2D eigenvalue weighted by atomic mass is 9.76. The standard InChI is InChI=1S/C17H22N4O3/c22-13-9-11(10-13)17(14-3-1-2-8-18-14)19-15(23)6-4-12-5-7-16(24)21-20-12/h1-3,8,11,13,17,22H,4-7,9-10H2,(H,19,23)(H,21,24). The number of amides is 2. The topological polar surface area (TPSA) is 104 Å². The molecule has 2 amide bonds. The molecule has 1 unspecified atom stereocenters. The normalized spacial score (nSPS) is 24.4. The molecule has 7 heteroatoms. The van der Waals surface area contributed by atoms with Crippen molar-refractivity contribution in [3.8, 4) is 0 Å². The highest BCUT2D eigenvalue weighted by Crippen LogP contribution is 2.37. The lowest BCUT2D eigenvalue weighted by Gasteiger charge is -2.37. The van der Waals surface area contributed by atoms with Crippen molar-refractivity contribution < 1.29 is 14.7 Å². The highest BCUT2D eigenvalue weighted by atomic mass is 16.3. The Hall–Kier alpha value is -2.28. The first-order valence-electron chi connectivity index (χ1n) is 8.34. The summed E-state index contributed by atoms with van der Waals surface area (Å²) in [6.45, 7) is 0. The number of rotatable bonds is 6. The van der Waals surface area contributed by atoms with Crippen molar-refractivity contribution in [2.75, 3.05) is 0 Å². The number of aromatic nitrogens is 1. The molecule has 1 aromatic rings. The highest BCUT2D eigenvalue weighted by Gasteiger charge is 2.36. The first-order valence-corrected chi connectivity index (χ1v) is 8.34. The summed E-state index contributed by atoms with van der Waals surface area (Å²) in [5.74, 6) is 0.0683. The van der Waals surface area contributed by atoms with Crippen LogP contribution in [0.1, 0.15) is 50.3 Å². The van der Waals surface area contributed by atoms with E-state index in [0.29, 0.717) is 38.5 Å². The van der Waals surface area contributed by atoms with E-state index in [0.717, 1.165) is 11.4 Å². The van der Waals surface area contributed by atoms with Crippen LogP contribution >= 0.6 is 0 Å². The summed E-state index contributed by atoms with van der Waals surface area (Å²) in [5, 5.41) is 16.6. The van der Waals surface area contributed by atoms with Gasteiger partial charge in [-0.2, -0.15) is 5.10 Å². The molecule has 3 N–H and O–H groups in total. The smallest absolute Gasteiger partial charge is 0.240 e. The van der Waals surface area contributed by atoms with Crippen molar-refractivity contribution in [2.45, 2.75) is 50.7 Å². The molecule has 2 heterocycles. The molecular formula is C17H22N4O3. The fraction of sp³-hybridized carbons (Fsp3) is 0.529. The fourth-order valence-corrected chi connectivity index (χ4v) is 3.09. The van der Waals surface area contributed by atoms with Crippen LogP contribution in [0.4, 0.5) is 0 Å². The maximum Gasteiger partial charge on any atom is 0.240 e. The Morgan fingerprint density at radius 3 is 2.83 bits per heavy atom. The van der Waals surface area contributed by atoms with Gasteiger partial charge in [-0.25, -0.2) is 5.43 Å². The first-order chi connectivity index (χ1) is 11.6. The molecule has 0 saturated heterocycles. The van der Waals surface area contributed by atoms with E-state index >= 15 is 0 Å². The zero-order valence-corrected chi connectivity index (χ0v) is 13.4. The SMILES string of the molecule is O=C1CCC(CCC(=O)NC(c2ccccn2)C2CC(O)C2)=NN1. The van der Waals surface area contributed by atoms with E-state index < -0.39 is 0 Å². The van der Waals surface area contributed by atoms with Crippen LogP contribution in [0.3, 0.4) is 0 Å². The third kappa shape index (κ3) is 4.17. The van der Waals surface area contributed by atoms with Crippen LogP contribution in [0, 0.1) is 5.92 Å². The highest BCUT2D eigenvalue weighted by molar-refractivity contribution is 5.94. The number of aliphatic hydroxyl groups excluding tert-OH is 1. The molecule has 0 radical (unpaired) electrons. The van der Waals surface area contributed by atoms with Crippen molar-refractivity contribution in [3.63, 3.8) is 0 Å². The second-order valence-electron chi connectivity index (χ2n) is 6.40. The van der Waals surface area contributed by atoms with Gasteiger partial charge in [0.1, 0.15) is 0 Å². The Morgan fingerprint density at radius 2 is 2.21 bits per heavy atom. The van der Waals surface area contributed by atoms with Crippen LogP contribution in [0.15, 0.2) is 29.5 Å². The van der Waals surface area contributed by atoms with Crippen molar-refractivity contribution in [2.24, 2.45) is 11.0 Å². The second-order valence-corrected chi connectivity index (χ2v) is 6.40. The van der Waals surface area contributed by atoms with E-state index in [1.807, 2.05) is 18.2 Å². The molecular weight excluding hydrogens is 308 g/mol. The largest absolute Gasteiger partial charge is 0.393 e. The monoisotopic (exact) mass is 330 g/mol. The van der Waals surface area contributed by atoms with Crippen LogP contribution in [0.25, 0.3) is 0 Å². The van der Waals surface area contributed by atoms with Gasteiger partial charge in [0, 0.05) is 24.8 Å². The molecule has 1 saturated carbocycles. The van der Waals surface area contributed by atoms with Gasteiger partial charge in [0.05, 0.1) is 17.8 Å². The quantitative estimate of drug-likeness (QED) is 0.725. The summed E-state index contributed by atoms with van der Waals surface area (Å²) in [4.78, 5) is 27.7. The molecule has 1 fully saturated rings. The summed E-state index contributed by atoms with van der Waals surface area (Å²) in [5.41, 5.74) is 4.11. The van der Waals surface area contributed by atoms with Crippen LogP contribution in [0.2, 0.25) is 0 Å². The molecule has 1 atom stereocenters. The predicted molar refractivity (Wildman–Crippen MR) is 87.9 cm³/mol. The number of aliphatic hydroxyl groups is 1. The van der Waals surface area contributed by atoms with Crippen molar-refractivity contribution in [1.29, 1.82) is 0 Å². The van der Waals surface area contributed by atoms with Gasteiger partial charge in [-0.3, -0.25) is 14.6 Å². The Labute approximate surface area is 140 Å². The average Bonchev–Trinajstić information content (AvgIpc) is 2.57. The molecule has 0 bridgehead atoms. The summed E-state index contributed by atoms with van der Waals surface area (Å²) in [7, 11) is 0. The molecule has 3 rings (SSSR count). The van der Waals surface area contributed by atoms with Gasteiger partial charge in [0.2, 0.25) is 11.8 Å². The van der Waals surface area contributed by atoms with Crippen LogP contribution < -0.4 is 10.7 Å². The van der Waals surface area contributed by atoms with Gasteiger partial charge >= 0.3 is 0 Å². The van der Waals surface area contributed by atoms with Crippen LogP contribution in [0.5, 0.6) is 0 Å². The number of hydrogen-bond donors (Lipinski definition) is 3. The van der Waals surface area contributed by atoms with E-state index in [1.165, 1.54) is 0 Å². The van der Waals surface area contributed by atoms with Gasteiger partial charge in [0.25, 0.3) is 0 Å². The van der Waals surface area contributed by atoms with Gasteiger partial charge < -0.3 is 10.4 Å². The van der Waals surface area contributed by atoms with E-state index in [2.05, 4.69) is 20.8 Å². The summed E-state index contributed by atoms with van der Waals surface area (Å²) in [6.07, 6.45) is 4.69. The van der Waals surface area contributed by atoms with Gasteiger partial charge in [0.15, 0.2) is 0 Å². The van der Waals surface area contributed by atoms with E-state index in [9.17, 15) is 14.7 Å². The summed E-state index contributed by atoms with van der Waals surface area (Å²) in [6, 6.07) is 5.47. The number of carbonyl (C=O) groups excluding carboxylic acids is 2. The van der Waals surface area contributed by atoms with Crippen LogP contribution in [-0.4, -0.2) is 33.7 Å². The van der Waals surface area contributed by atoms with Crippen molar-refractivity contribution in [3.05, 3.63) is 30.1 Å². The maximum atomic E-state index is 12.3. The predicted octanol–water partition coefficient (Wildman–Crippen LogP) is 1.06.